The standard InChI is InChI=1S/C20H27N5S.HI/c1-3-18-14-22-19(26-18)15-24-20(21-4-2)23-13-16-8-7-9-17(12-16)25-10-5-6-11-25;/h5-9,12,14H,3-4,10-11,13,15H2,1-2H3,(H2,21,23,24);1H. The van der Waals surface area contributed by atoms with Crippen LogP contribution in [0.25, 0.3) is 0 Å². The third kappa shape index (κ3) is 6.49. The zero-order valence-electron chi connectivity index (χ0n) is 15.9. The fourth-order valence-corrected chi connectivity index (χ4v) is 3.61. The van der Waals surface area contributed by atoms with Gasteiger partial charge in [0, 0.05) is 36.4 Å². The highest BCUT2D eigenvalue weighted by Gasteiger charge is 2.08. The van der Waals surface area contributed by atoms with Crippen LogP contribution in [0, 0.1) is 0 Å². The van der Waals surface area contributed by atoms with Gasteiger partial charge in [-0.05, 0) is 31.0 Å². The van der Waals surface area contributed by atoms with Gasteiger partial charge in [-0.15, -0.1) is 35.3 Å². The summed E-state index contributed by atoms with van der Waals surface area (Å²) in [6, 6.07) is 8.64. The number of aromatic nitrogens is 1. The zero-order chi connectivity index (χ0) is 18.2. The molecule has 2 heterocycles. The minimum atomic E-state index is 0. The summed E-state index contributed by atoms with van der Waals surface area (Å²) < 4.78 is 0. The fraction of sp³-hybridized carbons (Fsp3) is 0.400. The molecule has 1 aliphatic heterocycles. The largest absolute Gasteiger partial charge is 0.364 e. The van der Waals surface area contributed by atoms with Crippen LogP contribution >= 0.6 is 35.3 Å². The number of benzene rings is 1. The highest BCUT2D eigenvalue weighted by molar-refractivity contribution is 14.0. The fourth-order valence-electron chi connectivity index (χ4n) is 2.81. The van der Waals surface area contributed by atoms with E-state index in [1.54, 1.807) is 11.3 Å². The van der Waals surface area contributed by atoms with E-state index < -0.39 is 0 Å². The quantitative estimate of drug-likeness (QED) is 0.263. The average molecular weight is 497 g/mol. The molecule has 1 aromatic carbocycles. The predicted molar refractivity (Wildman–Crippen MR) is 126 cm³/mol. The molecule has 0 atom stereocenters. The maximum absolute atomic E-state index is 4.73. The average Bonchev–Trinajstić information content (AvgIpc) is 3.36. The van der Waals surface area contributed by atoms with Gasteiger partial charge in [0.05, 0.1) is 13.1 Å². The molecule has 0 unspecified atom stereocenters. The molecule has 27 heavy (non-hydrogen) atoms. The van der Waals surface area contributed by atoms with Crippen molar-refractivity contribution in [3.63, 3.8) is 0 Å². The molecule has 0 saturated carbocycles. The summed E-state index contributed by atoms with van der Waals surface area (Å²) in [4.78, 5) is 12.9. The highest BCUT2D eigenvalue weighted by Crippen LogP contribution is 2.19. The zero-order valence-corrected chi connectivity index (χ0v) is 19.1. The smallest absolute Gasteiger partial charge is 0.191 e. The first-order chi connectivity index (χ1) is 12.8. The van der Waals surface area contributed by atoms with Crippen LogP contribution in [0.1, 0.15) is 29.3 Å². The molecule has 0 saturated heterocycles. The van der Waals surface area contributed by atoms with Gasteiger partial charge in [-0.2, -0.15) is 0 Å². The second-order valence-corrected chi connectivity index (χ2v) is 7.37. The Morgan fingerprint density at radius 3 is 2.74 bits per heavy atom. The molecule has 146 valence electrons. The van der Waals surface area contributed by atoms with E-state index in [9.17, 15) is 0 Å². The van der Waals surface area contributed by atoms with Crippen molar-refractivity contribution in [1.82, 2.24) is 15.6 Å². The van der Waals surface area contributed by atoms with Crippen LogP contribution in [0.3, 0.4) is 0 Å². The molecule has 0 radical (unpaired) electrons. The van der Waals surface area contributed by atoms with Crippen molar-refractivity contribution in [1.29, 1.82) is 0 Å². The number of guanidine groups is 1. The minimum Gasteiger partial charge on any atom is -0.364 e. The number of hydrogen-bond acceptors (Lipinski definition) is 4. The van der Waals surface area contributed by atoms with E-state index >= 15 is 0 Å². The molecule has 7 heteroatoms. The molecule has 0 aliphatic carbocycles. The first-order valence-electron chi connectivity index (χ1n) is 9.23. The molecule has 0 amide bonds. The van der Waals surface area contributed by atoms with Crippen LogP contribution in [-0.4, -0.2) is 30.6 Å². The third-order valence-corrected chi connectivity index (χ3v) is 5.36. The molecule has 1 aliphatic rings. The van der Waals surface area contributed by atoms with Crippen LogP contribution in [0.4, 0.5) is 5.69 Å². The molecule has 0 spiro atoms. The summed E-state index contributed by atoms with van der Waals surface area (Å²) in [7, 11) is 0. The Bertz CT molecular complexity index is 763. The SMILES string of the molecule is CCNC(=NCc1cccc(N2CC=CC2)c1)NCc1ncc(CC)s1.I. The van der Waals surface area contributed by atoms with E-state index in [0.29, 0.717) is 13.1 Å². The number of aliphatic imine (C=N–C) groups is 1. The normalized spacial score (nSPS) is 13.6. The Hall–Kier alpha value is -1.61. The summed E-state index contributed by atoms with van der Waals surface area (Å²) in [6.07, 6.45) is 7.42. The van der Waals surface area contributed by atoms with Crippen LogP contribution < -0.4 is 15.5 Å². The highest BCUT2D eigenvalue weighted by atomic mass is 127. The summed E-state index contributed by atoms with van der Waals surface area (Å²) in [5, 5.41) is 7.78. The number of nitrogens with one attached hydrogen (secondary N) is 2. The van der Waals surface area contributed by atoms with Crippen molar-refractivity contribution in [2.45, 2.75) is 33.4 Å². The monoisotopic (exact) mass is 497 g/mol. The van der Waals surface area contributed by atoms with E-state index in [1.165, 1.54) is 16.1 Å². The molecule has 2 N–H and O–H groups in total. The Labute approximate surface area is 183 Å². The lowest BCUT2D eigenvalue weighted by atomic mass is 10.2. The van der Waals surface area contributed by atoms with Crippen molar-refractivity contribution in [3.8, 4) is 0 Å². The molecule has 1 aromatic heterocycles. The summed E-state index contributed by atoms with van der Waals surface area (Å²) in [6.45, 7) is 8.41. The number of nitrogens with zero attached hydrogens (tertiary/aromatic N) is 3. The van der Waals surface area contributed by atoms with Crippen molar-refractivity contribution < 1.29 is 0 Å². The number of aryl methyl sites for hydroxylation is 1. The first kappa shape index (κ1) is 21.7. The first-order valence-corrected chi connectivity index (χ1v) is 10.0. The number of anilines is 1. The summed E-state index contributed by atoms with van der Waals surface area (Å²) in [5.41, 5.74) is 2.48. The van der Waals surface area contributed by atoms with Crippen LogP contribution in [0.15, 0.2) is 47.6 Å². The van der Waals surface area contributed by atoms with Gasteiger partial charge in [0.25, 0.3) is 0 Å². The van der Waals surface area contributed by atoms with Gasteiger partial charge in [-0.1, -0.05) is 31.2 Å². The topological polar surface area (TPSA) is 52.6 Å². The third-order valence-electron chi connectivity index (χ3n) is 4.21. The Balaban J connectivity index is 0.00000261. The van der Waals surface area contributed by atoms with E-state index in [2.05, 4.69) is 70.8 Å². The van der Waals surface area contributed by atoms with E-state index in [-0.39, 0.29) is 24.0 Å². The second kappa shape index (κ2) is 11.3. The maximum atomic E-state index is 4.73. The van der Waals surface area contributed by atoms with E-state index in [4.69, 9.17) is 4.99 Å². The molecule has 2 aromatic rings. The van der Waals surface area contributed by atoms with Gasteiger partial charge < -0.3 is 15.5 Å². The Kier molecular flexibility index (Phi) is 9.06. The van der Waals surface area contributed by atoms with Crippen molar-refractivity contribution in [3.05, 3.63) is 58.1 Å². The number of halogens is 1. The van der Waals surface area contributed by atoms with Crippen molar-refractivity contribution >= 4 is 47.0 Å². The van der Waals surface area contributed by atoms with E-state index in [0.717, 1.165) is 37.0 Å². The second-order valence-electron chi connectivity index (χ2n) is 6.17. The Morgan fingerprint density at radius 1 is 1.22 bits per heavy atom. The van der Waals surface area contributed by atoms with Gasteiger partial charge in [-0.25, -0.2) is 9.98 Å². The van der Waals surface area contributed by atoms with E-state index in [1.807, 2.05) is 6.20 Å². The van der Waals surface area contributed by atoms with Crippen molar-refractivity contribution in [2.75, 3.05) is 24.5 Å². The molecule has 3 rings (SSSR count). The van der Waals surface area contributed by atoms with Crippen LogP contribution in [0.2, 0.25) is 0 Å². The lowest BCUT2D eigenvalue weighted by Gasteiger charge is -2.18. The predicted octanol–water partition coefficient (Wildman–Crippen LogP) is 3.96. The maximum Gasteiger partial charge on any atom is 0.191 e. The molecular weight excluding hydrogens is 469 g/mol. The lowest BCUT2D eigenvalue weighted by Crippen LogP contribution is -2.36. The summed E-state index contributed by atoms with van der Waals surface area (Å²) >= 11 is 1.76. The molecule has 5 nitrogen and oxygen atoms in total. The summed E-state index contributed by atoms with van der Waals surface area (Å²) in [5.74, 6) is 0.828. The number of thiazole rings is 1. The van der Waals surface area contributed by atoms with Gasteiger partial charge in [0.15, 0.2) is 5.96 Å². The van der Waals surface area contributed by atoms with Gasteiger partial charge in [0.2, 0.25) is 0 Å². The van der Waals surface area contributed by atoms with Crippen LogP contribution in [0.5, 0.6) is 0 Å². The lowest BCUT2D eigenvalue weighted by molar-refractivity contribution is 0.811. The van der Waals surface area contributed by atoms with Gasteiger partial charge in [-0.3, -0.25) is 0 Å². The van der Waals surface area contributed by atoms with Gasteiger partial charge >= 0.3 is 0 Å². The Morgan fingerprint density at radius 2 is 2.04 bits per heavy atom. The molecular formula is C20H28IN5S. The number of rotatable bonds is 7. The number of hydrogen-bond donors (Lipinski definition) is 2. The van der Waals surface area contributed by atoms with Crippen molar-refractivity contribution in [2.24, 2.45) is 4.99 Å². The van der Waals surface area contributed by atoms with Gasteiger partial charge in [0.1, 0.15) is 5.01 Å². The van der Waals surface area contributed by atoms with Crippen LogP contribution in [-0.2, 0) is 19.5 Å². The minimum absolute atomic E-state index is 0. The molecule has 0 bridgehead atoms. The molecule has 0 fully saturated rings.